The van der Waals surface area contributed by atoms with Gasteiger partial charge in [-0.2, -0.15) is 0 Å². The van der Waals surface area contributed by atoms with Crippen molar-refractivity contribution in [1.29, 1.82) is 0 Å². The lowest BCUT2D eigenvalue weighted by Gasteiger charge is -2.36. The normalized spacial score (nSPS) is 22.6. The molecule has 29 heavy (non-hydrogen) atoms. The highest BCUT2D eigenvalue weighted by atomic mass is 28.4. The summed E-state index contributed by atoms with van der Waals surface area (Å²) in [5.74, 6) is -0.269. The van der Waals surface area contributed by atoms with Gasteiger partial charge in [-0.05, 0) is 60.8 Å². The second-order valence-electron chi connectivity index (χ2n) is 9.68. The number of nitrogens with one attached hydrogen (secondary N) is 1. The summed E-state index contributed by atoms with van der Waals surface area (Å²) in [6.45, 7) is 11.2. The van der Waals surface area contributed by atoms with Crippen LogP contribution in [-0.2, 0) is 4.84 Å². The first-order valence-electron chi connectivity index (χ1n) is 10.4. The fraction of sp³-hybridized carbons (Fsp3) is 0.417. The summed E-state index contributed by atoms with van der Waals surface area (Å²) >= 11 is 0. The average Bonchev–Trinajstić information content (AvgIpc) is 3.46. The molecule has 2 aromatic carbocycles. The quantitative estimate of drug-likeness (QED) is 0.634. The Labute approximate surface area is 174 Å². The van der Waals surface area contributed by atoms with Crippen molar-refractivity contribution in [2.24, 2.45) is 5.92 Å². The van der Waals surface area contributed by atoms with Crippen LogP contribution in [0.3, 0.4) is 0 Å². The van der Waals surface area contributed by atoms with Crippen molar-refractivity contribution >= 4 is 19.6 Å². The van der Waals surface area contributed by atoms with Crippen LogP contribution in [0.5, 0.6) is 5.75 Å². The number of rotatable bonds is 5. The van der Waals surface area contributed by atoms with Gasteiger partial charge in [-0.3, -0.25) is 5.48 Å². The van der Waals surface area contributed by atoms with Gasteiger partial charge in [0.05, 0.1) is 5.70 Å². The van der Waals surface area contributed by atoms with Gasteiger partial charge in [0.2, 0.25) is 14.1 Å². The van der Waals surface area contributed by atoms with Crippen molar-refractivity contribution in [3.05, 3.63) is 65.7 Å². The fourth-order valence-electron chi connectivity index (χ4n) is 3.47. The highest BCUT2D eigenvalue weighted by Gasteiger charge is 2.53. The van der Waals surface area contributed by atoms with Gasteiger partial charge in [-0.15, -0.1) is 0 Å². The highest BCUT2D eigenvalue weighted by molar-refractivity contribution is 6.74. The van der Waals surface area contributed by atoms with E-state index in [-0.39, 0.29) is 11.0 Å². The van der Waals surface area contributed by atoms with Crippen molar-refractivity contribution in [1.82, 2.24) is 5.48 Å². The van der Waals surface area contributed by atoms with Gasteiger partial charge < -0.3 is 9.53 Å². The van der Waals surface area contributed by atoms with Crippen molar-refractivity contribution in [2.45, 2.75) is 57.5 Å². The van der Waals surface area contributed by atoms with Crippen LogP contribution in [0.25, 0.3) is 11.3 Å². The van der Waals surface area contributed by atoms with E-state index in [1.165, 1.54) is 0 Å². The van der Waals surface area contributed by atoms with Gasteiger partial charge in [-0.1, -0.05) is 51.1 Å². The lowest BCUT2D eigenvalue weighted by Crippen LogP contribution is -2.43. The molecule has 0 amide bonds. The third-order valence-electron chi connectivity index (χ3n) is 6.43. The summed E-state index contributed by atoms with van der Waals surface area (Å²) in [6, 6.07) is 18.1. The Bertz CT molecular complexity index is 911. The van der Waals surface area contributed by atoms with Crippen LogP contribution in [0.2, 0.25) is 18.1 Å². The molecule has 0 bridgehead atoms. The zero-order valence-corrected chi connectivity index (χ0v) is 19.0. The van der Waals surface area contributed by atoms with Crippen molar-refractivity contribution in [3.8, 4) is 5.75 Å². The molecule has 1 heterocycles. The monoisotopic (exact) mass is 409 g/mol. The summed E-state index contributed by atoms with van der Waals surface area (Å²) < 4.78 is 6.41. The van der Waals surface area contributed by atoms with Crippen LogP contribution in [0, 0.1) is 5.92 Å². The third kappa shape index (κ3) is 3.75. The molecule has 1 fully saturated rings. The van der Waals surface area contributed by atoms with Gasteiger partial charge in [0.25, 0.3) is 0 Å². The Morgan fingerprint density at radius 2 is 1.62 bits per heavy atom. The van der Waals surface area contributed by atoms with E-state index in [2.05, 4.69) is 39.3 Å². The minimum Gasteiger partial charge on any atom is -0.544 e. The van der Waals surface area contributed by atoms with Crippen LogP contribution in [0.4, 0.5) is 0 Å². The van der Waals surface area contributed by atoms with E-state index >= 15 is 0 Å². The Kier molecular flexibility index (Phi) is 4.88. The maximum absolute atomic E-state index is 11.3. The number of aliphatic hydroxyl groups is 1. The van der Waals surface area contributed by atoms with Gasteiger partial charge in [0.1, 0.15) is 5.75 Å². The first-order valence-corrected chi connectivity index (χ1v) is 13.3. The third-order valence-corrected chi connectivity index (χ3v) is 10.8. The lowest BCUT2D eigenvalue weighted by atomic mass is 9.91. The van der Waals surface area contributed by atoms with Crippen LogP contribution in [0.15, 0.2) is 54.6 Å². The predicted octanol–water partition coefficient (Wildman–Crippen LogP) is 5.57. The first-order chi connectivity index (χ1) is 13.6. The zero-order valence-electron chi connectivity index (χ0n) is 18.0. The van der Waals surface area contributed by atoms with Crippen molar-refractivity contribution in [2.75, 3.05) is 0 Å². The molecular formula is C24H31NO3Si. The van der Waals surface area contributed by atoms with E-state index in [0.29, 0.717) is 0 Å². The van der Waals surface area contributed by atoms with Crippen LogP contribution < -0.4 is 9.91 Å². The Morgan fingerprint density at radius 3 is 2.17 bits per heavy atom. The molecule has 1 saturated carbocycles. The van der Waals surface area contributed by atoms with Crippen LogP contribution in [0.1, 0.15) is 44.7 Å². The molecule has 2 aromatic rings. The molecule has 4 nitrogen and oxygen atoms in total. The summed E-state index contributed by atoms with van der Waals surface area (Å²) in [6.07, 6.45) is 1.95. The van der Waals surface area contributed by atoms with E-state index in [9.17, 15) is 5.11 Å². The van der Waals surface area contributed by atoms with Crippen LogP contribution >= 0.6 is 0 Å². The van der Waals surface area contributed by atoms with Crippen molar-refractivity contribution < 1.29 is 14.4 Å². The standard InChI is InChI=1S/C24H31NO3Si/c1-23(2,3)29(4,5)27-20-15-11-18(12-16-20)22-21(17-9-7-6-8-10-17)24(26,28-25-22)19-13-14-19/h6-12,15-16,19,25-26H,13-14H2,1-5H3. The SMILES string of the molecule is CC(C)(C)[Si](C)(C)Oc1ccc(C2=C(c3ccccc3)C(O)(C3CC3)ON2)cc1. The number of benzene rings is 2. The topological polar surface area (TPSA) is 50.7 Å². The predicted molar refractivity (Wildman–Crippen MR) is 119 cm³/mol. The molecule has 0 radical (unpaired) electrons. The average molecular weight is 410 g/mol. The minimum atomic E-state index is -1.88. The molecule has 5 heteroatoms. The van der Waals surface area contributed by atoms with Gasteiger partial charge in [0, 0.05) is 17.1 Å². The second-order valence-corrected chi connectivity index (χ2v) is 14.4. The van der Waals surface area contributed by atoms with E-state index in [0.717, 1.165) is 41.0 Å². The highest BCUT2D eigenvalue weighted by Crippen LogP contribution is 2.51. The molecule has 1 atom stereocenters. The summed E-state index contributed by atoms with van der Waals surface area (Å²) in [4.78, 5) is 5.76. The lowest BCUT2D eigenvalue weighted by molar-refractivity contribution is -0.186. The Balaban J connectivity index is 1.69. The van der Waals surface area contributed by atoms with E-state index in [1.54, 1.807) is 0 Å². The maximum Gasteiger partial charge on any atom is 0.250 e. The smallest absolute Gasteiger partial charge is 0.250 e. The largest absolute Gasteiger partial charge is 0.544 e. The first kappa shape index (κ1) is 20.2. The molecule has 1 aliphatic heterocycles. The number of hydrogen-bond acceptors (Lipinski definition) is 4. The van der Waals surface area contributed by atoms with Gasteiger partial charge in [-0.25, -0.2) is 4.84 Å². The molecule has 2 N–H and O–H groups in total. The van der Waals surface area contributed by atoms with E-state index in [1.807, 2.05) is 54.6 Å². The molecule has 1 unspecified atom stereocenters. The molecule has 0 saturated heterocycles. The number of hydrogen-bond donors (Lipinski definition) is 2. The Morgan fingerprint density at radius 1 is 1.00 bits per heavy atom. The summed E-state index contributed by atoms with van der Waals surface area (Å²) in [5, 5.41) is 11.5. The summed E-state index contributed by atoms with van der Waals surface area (Å²) in [5.41, 5.74) is 6.62. The minimum absolute atomic E-state index is 0.129. The second kappa shape index (κ2) is 7.01. The van der Waals surface area contributed by atoms with Gasteiger partial charge >= 0.3 is 0 Å². The summed E-state index contributed by atoms with van der Waals surface area (Å²) in [7, 11) is -1.88. The molecule has 154 valence electrons. The molecule has 1 aliphatic carbocycles. The molecule has 0 aromatic heterocycles. The molecule has 4 rings (SSSR count). The Hall–Kier alpha value is -2.08. The maximum atomic E-state index is 11.3. The van der Waals surface area contributed by atoms with E-state index < -0.39 is 14.1 Å². The van der Waals surface area contributed by atoms with Crippen molar-refractivity contribution in [3.63, 3.8) is 0 Å². The molecule has 2 aliphatic rings. The van der Waals surface area contributed by atoms with Gasteiger partial charge in [0.15, 0.2) is 0 Å². The zero-order chi connectivity index (χ0) is 20.9. The van der Waals surface area contributed by atoms with E-state index in [4.69, 9.17) is 9.26 Å². The fourth-order valence-corrected chi connectivity index (χ4v) is 4.50. The molecular weight excluding hydrogens is 378 g/mol. The number of hydroxylamine groups is 1. The molecule has 0 spiro atoms. The van der Waals surface area contributed by atoms with Crippen LogP contribution in [-0.4, -0.2) is 19.2 Å².